The lowest BCUT2D eigenvalue weighted by Crippen LogP contribution is -2.43. The predicted molar refractivity (Wildman–Crippen MR) is 97.4 cm³/mol. The summed E-state index contributed by atoms with van der Waals surface area (Å²) >= 11 is 0. The molecule has 2 aromatic rings. The number of aliphatic imine (C=N–C) groups is 2. The number of benzene rings is 1. The first kappa shape index (κ1) is 17.4. The number of amides is 2. The molecule has 1 aromatic carbocycles. The number of carbonyl (C=O) groups is 2. The summed E-state index contributed by atoms with van der Waals surface area (Å²) in [6.45, 7) is 3.53. The molecule has 8 heteroatoms. The summed E-state index contributed by atoms with van der Waals surface area (Å²) in [5.41, 5.74) is 6.59. The molecule has 1 aliphatic rings. The van der Waals surface area contributed by atoms with Crippen LogP contribution >= 0.6 is 0 Å². The summed E-state index contributed by atoms with van der Waals surface area (Å²) in [5, 5.41) is 0. The van der Waals surface area contributed by atoms with E-state index in [4.69, 9.17) is 5.73 Å². The van der Waals surface area contributed by atoms with Crippen molar-refractivity contribution in [2.75, 3.05) is 0 Å². The van der Waals surface area contributed by atoms with Crippen molar-refractivity contribution in [1.82, 2.24) is 14.9 Å². The zero-order valence-corrected chi connectivity index (χ0v) is 14.5. The highest BCUT2D eigenvalue weighted by molar-refractivity contribution is 6.23. The number of hydrogen-bond acceptors (Lipinski definition) is 5. The Morgan fingerprint density at radius 2 is 1.69 bits per heavy atom. The Kier molecular flexibility index (Phi) is 4.83. The second kappa shape index (κ2) is 7.22. The van der Waals surface area contributed by atoms with Gasteiger partial charge in [-0.3, -0.25) is 14.5 Å². The Hall–Kier alpha value is -3.42. The van der Waals surface area contributed by atoms with Gasteiger partial charge < -0.3 is 5.73 Å². The zero-order chi connectivity index (χ0) is 18.7. The van der Waals surface area contributed by atoms with Crippen LogP contribution in [-0.2, 0) is 0 Å². The average Bonchev–Trinajstić information content (AvgIpc) is 2.92. The lowest BCUT2D eigenvalue weighted by Gasteiger charge is -2.22. The normalized spacial score (nSPS) is 16.0. The third kappa shape index (κ3) is 3.21. The van der Waals surface area contributed by atoms with E-state index in [9.17, 15) is 9.59 Å². The van der Waals surface area contributed by atoms with Gasteiger partial charge in [-0.25, -0.2) is 15.0 Å². The Morgan fingerprint density at radius 1 is 1.12 bits per heavy atom. The van der Waals surface area contributed by atoms with Crippen molar-refractivity contribution >= 4 is 29.4 Å². The Bertz CT molecular complexity index is 872. The van der Waals surface area contributed by atoms with Crippen molar-refractivity contribution in [2.45, 2.75) is 26.3 Å². The van der Waals surface area contributed by atoms with Crippen LogP contribution in [0.3, 0.4) is 0 Å². The molecule has 0 spiro atoms. The molecule has 0 fully saturated rings. The topological polar surface area (TPSA) is 114 Å². The second-order valence-corrected chi connectivity index (χ2v) is 5.68. The summed E-state index contributed by atoms with van der Waals surface area (Å²) in [4.78, 5) is 43.2. The monoisotopic (exact) mass is 350 g/mol. The van der Waals surface area contributed by atoms with E-state index in [2.05, 4.69) is 20.0 Å². The van der Waals surface area contributed by atoms with Crippen LogP contribution in [0, 0.1) is 0 Å². The number of aromatic nitrogens is 2. The van der Waals surface area contributed by atoms with Crippen LogP contribution in [0.15, 0.2) is 52.7 Å². The molecular weight excluding hydrogens is 332 g/mol. The minimum atomic E-state index is -0.726. The van der Waals surface area contributed by atoms with Gasteiger partial charge in [-0.05, 0) is 25.1 Å². The molecule has 1 aromatic heterocycles. The maximum Gasteiger partial charge on any atom is 0.262 e. The van der Waals surface area contributed by atoms with Crippen LogP contribution in [0.4, 0.5) is 5.95 Å². The van der Waals surface area contributed by atoms with E-state index in [0.717, 1.165) is 4.90 Å². The van der Waals surface area contributed by atoms with Crippen LogP contribution in [-0.4, -0.2) is 44.4 Å². The van der Waals surface area contributed by atoms with Crippen LogP contribution in [0.2, 0.25) is 0 Å². The molecule has 2 heterocycles. The average molecular weight is 350 g/mol. The molecule has 3 rings (SSSR count). The predicted octanol–water partition coefficient (Wildman–Crippen LogP) is 1.96. The highest BCUT2D eigenvalue weighted by atomic mass is 16.2. The van der Waals surface area contributed by atoms with Crippen LogP contribution in [0.25, 0.3) is 0 Å². The molecule has 0 radical (unpaired) electrons. The van der Waals surface area contributed by atoms with Crippen molar-refractivity contribution < 1.29 is 9.59 Å². The van der Waals surface area contributed by atoms with Crippen LogP contribution < -0.4 is 5.73 Å². The molecule has 8 nitrogen and oxygen atoms in total. The van der Waals surface area contributed by atoms with Gasteiger partial charge in [0.25, 0.3) is 17.8 Å². The third-order valence-corrected chi connectivity index (χ3v) is 3.97. The summed E-state index contributed by atoms with van der Waals surface area (Å²) in [6.07, 6.45) is 3.59. The Labute approximate surface area is 150 Å². The highest BCUT2D eigenvalue weighted by Gasteiger charge is 2.40. The Balaban J connectivity index is 2.01. The number of nitrogens with zero attached hydrogens (tertiary/aromatic N) is 5. The summed E-state index contributed by atoms with van der Waals surface area (Å²) in [6, 6.07) is 7.63. The summed E-state index contributed by atoms with van der Waals surface area (Å²) in [5.74, 6) is -0.0538. The fraction of sp³-hybridized carbons (Fsp3) is 0.222. The quantitative estimate of drug-likeness (QED) is 0.514. The maximum atomic E-state index is 12.7. The SMILES string of the molecule is CCC(N)=N/C(=N/c1ncccn1)C(C)N1C(=O)c2ccccc2C1=O. The van der Waals surface area contributed by atoms with Gasteiger partial charge in [0.2, 0.25) is 0 Å². The zero-order valence-electron chi connectivity index (χ0n) is 14.5. The van der Waals surface area contributed by atoms with E-state index in [0.29, 0.717) is 23.4 Å². The van der Waals surface area contributed by atoms with E-state index in [1.807, 2.05) is 6.92 Å². The number of amidine groups is 2. The van der Waals surface area contributed by atoms with Gasteiger partial charge in [0.05, 0.1) is 17.2 Å². The highest BCUT2D eigenvalue weighted by Crippen LogP contribution is 2.25. The van der Waals surface area contributed by atoms with E-state index in [1.165, 1.54) is 0 Å². The molecular formula is C18H18N6O2. The number of nitrogens with two attached hydrogens (primary N) is 1. The third-order valence-electron chi connectivity index (χ3n) is 3.97. The van der Waals surface area contributed by atoms with Gasteiger partial charge >= 0.3 is 0 Å². The van der Waals surface area contributed by atoms with Gasteiger partial charge in [0, 0.05) is 18.8 Å². The van der Waals surface area contributed by atoms with Gasteiger partial charge in [-0.2, -0.15) is 4.99 Å². The molecule has 0 aliphatic carbocycles. The molecule has 2 N–H and O–H groups in total. The molecule has 132 valence electrons. The van der Waals surface area contributed by atoms with Gasteiger partial charge in [-0.15, -0.1) is 0 Å². The second-order valence-electron chi connectivity index (χ2n) is 5.68. The lowest BCUT2D eigenvalue weighted by atomic mass is 10.1. The van der Waals surface area contributed by atoms with Crippen molar-refractivity contribution in [3.63, 3.8) is 0 Å². The van der Waals surface area contributed by atoms with Crippen molar-refractivity contribution in [2.24, 2.45) is 15.7 Å². The number of hydrogen-bond donors (Lipinski definition) is 1. The molecule has 1 aliphatic heterocycles. The summed E-state index contributed by atoms with van der Waals surface area (Å²) < 4.78 is 0. The van der Waals surface area contributed by atoms with E-state index < -0.39 is 6.04 Å². The number of imide groups is 1. The van der Waals surface area contributed by atoms with Gasteiger partial charge in [-0.1, -0.05) is 19.1 Å². The smallest absolute Gasteiger partial charge is 0.262 e. The van der Waals surface area contributed by atoms with Crippen LogP contribution in [0.1, 0.15) is 41.0 Å². The minimum Gasteiger partial charge on any atom is -0.387 e. The van der Waals surface area contributed by atoms with Crippen LogP contribution in [0.5, 0.6) is 0 Å². The van der Waals surface area contributed by atoms with E-state index in [1.54, 1.807) is 49.6 Å². The summed E-state index contributed by atoms with van der Waals surface area (Å²) in [7, 11) is 0. The molecule has 26 heavy (non-hydrogen) atoms. The lowest BCUT2D eigenvalue weighted by molar-refractivity contribution is 0.0634. The first-order valence-electron chi connectivity index (χ1n) is 8.18. The fourth-order valence-electron chi connectivity index (χ4n) is 2.56. The van der Waals surface area contributed by atoms with Crippen molar-refractivity contribution in [3.8, 4) is 0 Å². The molecule has 0 saturated heterocycles. The molecule has 2 amide bonds. The first-order valence-corrected chi connectivity index (χ1v) is 8.18. The molecule has 0 bridgehead atoms. The molecule has 0 saturated carbocycles. The maximum absolute atomic E-state index is 12.7. The van der Waals surface area contributed by atoms with E-state index in [-0.39, 0.29) is 23.6 Å². The van der Waals surface area contributed by atoms with E-state index >= 15 is 0 Å². The molecule has 1 atom stereocenters. The fourth-order valence-corrected chi connectivity index (χ4v) is 2.56. The van der Waals surface area contributed by atoms with Gasteiger partial charge in [0.1, 0.15) is 5.84 Å². The minimum absolute atomic E-state index is 0.179. The van der Waals surface area contributed by atoms with Crippen molar-refractivity contribution in [3.05, 3.63) is 53.9 Å². The van der Waals surface area contributed by atoms with Crippen molar-refractivity contribution in [1.29, 1.82) is 0 Å². The standard InChI is InChI=1S/C18H18N6O2/c1-3-14(19)22-15(23-18-20-9-6-10-21-18)11(2)24-16(25)12-7-4-5-8-13(12)17(24)26/h4-11H,3H2,1-2H3,(H2,19,20,21,22,23). The number of rotatable bonds is 4. The van der Waals surface area contributed by atoms with Gasteiger partial charge in [0.15, 0.2) is 5.84 Å². The number of carbonyl (C=O) groups excluding carboxylic acids is 2. The Morgan fingerprint density at radius 3 is 2.23 bits per heavy atom. The first-order chi connectivity index (χ1) is 12.5. The number of fused-ring (bicyclic) bond motifs is 1. The molecule has 1 unspecified atom stereocenters. The largest absolute Gasteiger partial charge is 0.387 e.